The molecule has 0 radical (unpaired) electrons. The summed E-state index contributed by atoms with van der Waals surface area (Å²) in [5, 5.41) is 12.9. The van der Waals surface area contributed by atoms with Crippen LogP contribution in [0, 0.1) is 56.7 Å². The second-order valence-electron chi connectivity index (χ2n) is 18.2. The van der Waals surface area contributed by atoms with Gasteiger partial charge < -0.3 is 15.3 Å². The Morgan fingerprint density at radius 2 is 1.62 bits per heavy atom. The molecule has 1 aromatic rings. The third kappa shape index (κ3) is 5.10. The number of benzene rings is 1. The highest BCUT2D eigenvalue weighted by molar-refractivity contribution is 5.88. The average molecular weight is 643 g/mol. The standard InChI is InChI=1S/C42H62N2O3/c1-27(2)30-17-22-42(37(47)43-25-10-26-44(8)9)24-23-40(6)32(35(30)42)15-16-34-39(5)20-18-31(28-11-13-29(14-12-28)36(45)46)38(3,4)33(39)19-21-41(34,40)7/h11-14,18,30,32-35H,1,10,15-17,19-26H2,2-9H3,(H,43,47)(H,45,46)/t30-,32+,33?,34?,35?,39-,40+,41+,42-/m0/s1. The van der Waals surface area contributed by atoms with E-state index in [1.165, 1.54) is 42.4 Å². The van der Waals surface area contributed by atoms with Crippen LogP contribution in [0.5, 0.6) is 0 Å². The summed E-state index contributed by atoms with van der Waals surface area (Å²) in [6, 6.07) is 7.56. The summed E-state index contributed by atoms with van der Waals surface area (Å²) in [7, 11) is 4.20. The lowest BCUT2D eigenvalue weighted by Gasteiger charge is -2.72. The van der Waals surface area contributed by atoms with Crippen LogP contribution in [0.25, 0.3) is 5.57 Å². The molecule has 0 spiro atoms. The maximum absolute atomic E-state index is 14.3. The second kappa shape index (κ2) is 11.9. The number of carbonyl (C=O) groups is 2. The maximum atomic E-state index is 14.3. The molecule has 4 saturated carbocycles. The quantitative estimate of drug-likeness (QED) is 0.219. The van der Waals surface area contributed by atoms with Crippen LogP contribution >= 0.6 is 0 Å². The summed E-state index contributed by atoms with van der Waals surface area (Å²) < 4.78 is 0. The predicted octanol–water partition coefficient (Wildman–Crippen LogP) is 9.10. The van der Waals surface area contributed by atoms with Gasteiger partial charge in [-0.3, -0.25) is 4.79 Å². The average Bonchev–Trinajstić information content (AvgIpc) is 3.41. The van der Waals surface area contributed by atoms with Crippen LogP contribution < -0.4 is 5.32 Å². The SMILES string of the molecule is C=C(C)[C@@H]1CC[C@]2(C(=O)NCCCN(C)C)CC[C@]3(C)[C@H](CCC4[C@@]5(C)CC=C(c6ccc(C(=O)O)cc6)C(C)(C)C5CC[C@]43C)C12. The summed E-state index contributed by atoms with van der Waals surface area (Å²) in [6.45, 7) is 21.3. The molecule has 5 nitrogen and oxygen atoms in total. The van der Waals surface area contributed by atoms with Crippen LogP contribution in [-0.2, 0) is 4.79 Å². The molecule has 9 atom stereocenters. The van der Waals surface area contributed by atoms with Gasteiger partial charge in [-0.05, 0) is 166 Å². The van der Waals surface area contributed by atoms with Crippen LogP contribution in [0.3, 0.4) is 0 Å². The van der Waals surface area contributed by atoms with Gasteiger partial charge in [-0.25, -0.2) is 4.79 Å². The van der Waals surface area contributed by atoms with Gasteiger partial charge in [0.05, 0.1) is 11.0 Å². The summed E-state index contributed by atoms with van der Waals surface area (Å²) in [5.74, 6) is 2.04. The number of allylic oxidation sites excluding steroid dienone is 3. The number of amides is 1. The van der Waals surface area contributed by atoms with Crippen molar-refractivity contribution in [1.82, 2.24) is 10.2 Å². The Morgan fingerprint density at radius 3 is 2.26 bits per heavy atom. The van der Waals surface area contributed by atoms with E-state index in [1.807, 2.05) is 12.1 Å². The van der Waals surface area contributed by atoms with Crippen molar-refractivity contribution in [1.29, 1.82) is 0 Å². The topological polar surface area (TPSA) is 69.6 Å². The minimum absolute atomic E-state index is 0.000284. The van der Waals surface area contributed by atoms with Crippen LogP contribution in [-0.4, -0.2) is 49.1 Å². The smallest absolute Gasteiger partial charge is 0.335 e. The normalized spacial score (nSPS) is 40.4. The molecule has 5 aliphatic rings. The van der Waals surface area contributed by atoms with Gasteiger partial charge in [0.1, 0.15) is 0 Å². The highest BCUT2D eigenvalue weighted by Gasteiger charge is 2.71. The summed E-state index contributed by atoms with van der Waals surface area (Å²) >= 11 is 0. The van der Waals surface area contributed by atoms with E-state index in [0.29, 0.717) is 41.1 Å². The van der Waals surface area contributed by atoms with Crippen molar-refractivity contribution in [3.8, 4) is 0 Å². The molecule has 3 unspecified atom stereocenters. The van der Waals surface area contributed by atoms with E-state index < -0.39 is 5.97 Å². The first-order valence-corrected chi connectivity index (χ1v) is 18.7. The van der Waals surface area contributed by atoms with Gasteiger partial charge in [0.25, 0.3) is 0 Å². The minimum atomic E-state index is -0.871. The molecule has 0 aliphatic heterocycles. The number of nitrogens with zero attached hydrogens (tertiary/aromatic N) is 1. The lowest BCUT2D eigenvalue weighted by Crippen LogP contribution is -2.66. The summed E-state index contributed by atoms with van der Waals surface area (Å²) in [5.41, 5.74) is 4.56. The lowest BCUT2D eigenvalue weighted by molar-refractivity contribution is -0.225. The van der Waals surface area contributed by atoms with Crippen molar-refractivity contribution < 1.29 is 14.7 Å². The molecule has 0 aromatic heterocycles. The van der Waals surface area contributed by atoms with Crippen molar-refractivity contribution >= 4 is 17.4 Å². The highest BCUT2D eigenvalue weighted by Crippen LogP contribution is 2.77. The van der Waals surface area contributed by atoms with Gasteiger partial charge in [-0.15, -0.1) is 0 Å². The number of carboxylic acids is 1. The number of carbonyl (C=O) groups excluding carboxylic acids is 1. The first kappa shape index (κ1) is 34.5. The Bertz CT molecular complexity index is 1440. The second-order valence-corrected chi connectivity index (χ2v) is 18.2. The molecule has 47 heavy (non-hydrogen) atoms. The molecule has 5 aliphatic carbocycles. The number of fused-ring (bicyclic) bond motifs is 7. The molecule has 0 heterocycles. The van der Waals surface area contributed by atoms with Gasteiger partial charge in [0.15, 0.2) is 0 Å². The fraction of sp³-hybridized carbons (Fsp3) is 0.714. The zero-order valence-corrected chi connectivity index (χ0v) is 30.7. The maximum Gasteiger partial charge on any atom is 0.335 e. The third-order valence-electron chi connectivity index (χ3n) is 15.6. The van der Waals surface area contributed by atoms with E-state index in [0.717, 1.165) is 51.6 Å². The third-order valence-corrected chi connectivity index (χ3v) is 15.6. The lowest BCUT2D eigenvalue weighted by atomic mass is 9.32. The molecule has 0 saturated heterocycles. The van der Waals surface area contributed by atoms with Crippen molar-refractivity contribution in [3.63, 3.8) is 0 Å². The molecule has 1 aromatic carbocycles. The molecular formula is C42H62N2O3. The zero-order chi connectivity index (χ0) is 34.2. The Balaban J connectivity index is 1.31. The minimum Gasteiger partial charge on any atom is -0.478 e. The van der Waals surface area contributed by atoms with Gasteiger partial charge in [0.2, 0.25) is 5.91 Å². The summed E-state index contributed by atoms with van der Waals surface area (Å²) in [6.07, 6.45) is 13.8. The number of nitrogens with one attached hydrogen (secondary N) is 1. The zero-order valence-electron chi connectivity index (χ0n) is 30.7. The van der Waals surface area contributed by atoms with Gasteiger partial charge in [-0.1, -0.05) is 65.0 Å². The van der Waals surface area contributed by atoms with Gasteiger partial charge in [0, 0.05) is 6.54 Å². The first-order valence-electron chi connectivity index (χ1n) is 18.7. The molecule has 6 rings (SSSR count). The number of hydrogen-bond acceptors (Lipinski definition) is 3. The monoisotopic (exact) mass is 642 g/mol. The van der Waals surface area contributed by atoms with Gasteiger partial charge in [-0.2, -0.15) is 0 Å². The first-order chi connectivity index (χ1) is 22.0. The van der Waals surface area contributed by atoms with E-state index in [9.17, 15) is 14.7 Å². The molecule has 2 N–H and O–H groups in total. The molecule has 1 amide bonds. The molecular weight excluding hydrogens is 580 g/mol. The van der Waals surface area contributed by atoms with E-state index in [1.54, 1.807) is 12.1 Å². The number of rotatable bonds is 8. The van der Waals surface area contributed by atoms with E-state index in [4.69, 9.17) is 0 Å². The van der Waals surface area contributed by atoms with Crippen molar-refractivity contribution in [2.24, 2.45) is 56.7 Å². The number of aromatic carboxylic acids is 1. The van der Waals surface area contributed by atoms with Crippen molar-refractivity contribution in [3.05, 3.63) is 53.6 Å². The van der Waals surface area contributed by atoms with E-state index >= 15 is 0 Å². The van der Waals surface area contributed by atoms with Crippen molar-refractivity contribution in [2.45, 2.75) is 106 Å². The Labute approximate surface area is 285 Å². The van der Waals surface area contributed by atoms with E-state index in [2.05, 4.69) is 78.5 Å². The van der Waals surface area contributed by atoms with Crippen LogP contribution in [0.1, 0.15) is 122 Å². The number of carboxylic acid groups (broad SMARTS) is 1. The number of hydrogen-bond donors (Lipinski definition) is 2. The fourth-order valence-electron chi connectivity index (χ4n) is 13.2. The van der Waals surface area contributed by atoms with Crippen LogP contribution in [0.4, 0.5) is 0 Å². The fourth-order valence-corrected chi connectivity index (χ4v) is 13.2. The van der Waals surface area contributed by atoms with Crippen molar-refractivity contribution in [2.75, 3.05) is 27.2 Å². The molecule has 5 heteroatoms. The largest absolute Gasteiger partial charge is 0.478 e. The van der Waals surface area contributed by atoms with E-state index in [-0.39, 0.29) is 27.1 Å². The van der Waals surface area contributed by atoms with Crippen LogP contribution in [0.15, 0.2) is 42.5 Å². The highest BCUT2D eigenvalue weighted by atomic mass is 16.4. The Hall–Kier alpha value is -2.40. The van der Waals surface area contributed by atoms with Gasteiger partial charge >= 0.3 is 5.97 Å². The molecule has 4 fully saturated rings. The molecule has 0 bridgehead atoms. The van der Waals surface area contributed by atoms with Crippen LogP contribution in [0.2, 0.25) is 0 Å². The predicted molar refractivity (Wildman–Crippen MR) is 192 cm³/mol. The molecule has 258 valence electrons. The Kier molecular flexibility index (Phi) is 8.71. The summed E-state index contributed by atoms with van der Waals surface area (Å²) in [4.78, 5) is 28.0. The Morgan fingerprint density at radius 1 is 0.915 bits per heavy atom.